The van der Waals surface area contributed by atoms with Gasteiger partial charge in [-0.15, -0.1) is 0 Å². The minimum absolute atomic E-state index is 0.280. The van der Waals surface area contributed by atoms with Gasteiger partial charge in [0.2, 0.25) is 0 Å². The van der Waals surface area contributed by atoms with E-state index in [1.165, 1.54) is 42.8 Å². The van der Waals surface area contributed by atoms with Crippen LogP contribution in [0.5, 0.6) is 5.75 Å². The van der Waals surface area contributed by atoms with Crippen molar-refractivity contribution in [2.45, 2.75) is 44.9 Å². The maximum absolute atomic E-state index is 11.8. The summed E-state index contributed by atoms with van der Waals surface area (Å²) in [7, 11) is 1.42. The summed E-state index contributed by atoms with van der Waals surface area (Å²) in [4.78, 5) is 11.8. The average Bonchev–Trinajstić information content (AvgIpc) is 2.71. The van der Waals surface area contributed by atoms with Crippen LogP contribution in [0.4, 0.5) is 0 Å². The number of carbonyl (C=O) groups excluding carboxylic acids is 1. The van der Waals surface area contributed by atoms with Crippen LogP contribution in [0.25, 0.3) is 0 Å². The van der Waals surface area contributed by atoms with E-state index in [1.54, 1.807) is 0 Å². The molecule has 0 aliphatic carbocycles. The predicted octanol–water partition coefficient (Wildman–Crippen LogP) is 6.02. The van der Waals surface area contributed by atoms with E-state index < -0.39 is 0 Å². The summed E-state index contributed by atoms with van der Waals surface area (Å²) in [5, 5.41) is 0. The molecule has 2 aromatic carbocycles. The van der Waals surface area contributed by atoms with Gasteiger partial charge in [0.15, 0.2) is 0 Å². The first kappa shape index (κ1) is 21.7. The molecule has 0 aliphatic rings. The van der Waals surface area contributed by atoms with E-state index in [2.05, 4.69) is 40.8 Å². The van der Waals surface area contributed by atoms with Gasteiger partial charge in [-0.3, -0.25) is 0 Å². The van der Waals surface area contributed by atoms with Crippen molar-refractivity contribution in [1.82, 2.24) is 0 Å². The standard InChI is InChI=1S/C23H29IO3/c1-26-23(25)22-15-6-5-12-20(22)13-9-17-27-21-14-8-11-19(18-21)10-4-2-3-7-16-24/h5-6,8,11-12,14-15,18H,2-4,7,9-10,13,16-17H2,1H3. The summed E-state index contributed by atoms with van der Waals surface area (Å²) in [6.45, 7) is 0.634. The van der Waals surface area contributed by atoms with E-state index in [4.69, 9.17) is 9.47 Å². The molecule has 27 heavy (non-hydrogen) atoms. The summed E-state index contributed by atoms with van der Waals surface area (Å²) in [6, 6.07) is 16.0. The molecule has 0 amide bonds. The third-order valence-electron chi connectivity index (χ3n) is 4.53. The normalized spacial score (nSPS) is 10.6. The molecule has 0 saturated carbocycles. The molecule has 4 heteroatoms. The van der Waals surface area contributed by atoms with Crippen LogP contribution in [-0.2, 0) is 17.6 Å². The van der Waals surface area contributed by atoms with Crippen LogP contribution in [0, 0.1) is 0 Å². The number of ether oxygens (including phenoxy) is 2. The van der Waals surface area contributed by atoms with Gasteiger partial charge in [-0.2, -0.15) is 0 Å². The molecule has 0 atom stereocenters. The zero-order valence-corrected chi connectivity index (χ0v) is 18.2. The number of hydrogen-bond acceptors (Lipinski definition) is 3. The maximum Gasteiger partial charge on any atom is 0.338 e. The van der Waals surface area contributed by atoms with Crippen LogP contribution in [0.15, 0.2) is 48.5 Å². The Bertz CT molecular complexity index is 700. The number of alkyl halides is 1. The minimum Gasteiger partial charge on any atom is -0.494 e. The number of rotatable bonds is 12. The molecule has 0 heterocycles. The summed E-state index contributed by atoms with van der Waals surface area (Å²) >= 11 is 2.44. The lowest BCUT2D eigenvalue weighted by atomic mass is 10.0. The van der Waals surface area contributed by atoms with E-state index in [9.17, 15) is 4.79 Å². The Hall–Kier alpha value is -1.56. The first-order valence-electron chi connectivity index (χ1n) is 9.68. The van der Waals surface area contributed by atoms with Gasteiger partial charge in [0.1, 0.15) is 5.75 Å². The van der Waals surface area contributed by atoms with Gasteiger partial charge in [0, 0.05) is 0 Å². The first-order chi connectivity index (χ1) is 13.2. The molecule has 0 fully saturated rings. The fourth-order valence-corrected chi connectivity index (χ4v) is 3.61. The monoisotopic (exact) mass is 480 g/mol. The summed E-state index contributed by atoms with van der Waals surface area (Å²) in [5.41, 5.74) is 3.00. The highest BCUT2D eigenvalue weighted by Gasteiger charge is 2.10. The zero-order valence-electron chi connectivity index (χ0n) is 16.1. The molecular weight excluding hydrogens is 451 g/mol. The average molecular weight is 480 g/mol. The van der Waals surface area contributed by atoms with E-state index >= 15 is 0 Å². The Balaban J connectivity index is 1.76. The molecular formula is C23H29IO3. The molecule has 2 aromatic rings. The van der Waals surface area contributed by atoms with Crippen molar-refractivity contribution in [3.8, 4) is 5.75 Å². The highest BCUT2D eigenvalue weighted by Crippen LogP contribution is 2.17. The van der Waals surface area contributed by atoms with Crippen molar-refractivity contribution in [3.05, 3.63) is 65.2 Å². The second-order valence-corrected chi connectivity index (χ2v) is 7.68. The number of aryl methyl sites for hydroxylation is 2. The molecule has 0 bridgehead atoms. The van der Waals surface area contributed by atoms with E-state index in [-0.39, 0.29) is 5.97 Å². The van der Waals surface area contributed by atoms with E-state index in [0.29, 0.717) is 12.2 Å². The van der Waals surface area contributed by atoms with Crippen LogP contribution in [0.2, 0.25) is 0 Å². The third kappa shape index (κ3) is 7.91. The van der Waals surface area contributed by atoms with Gasteiger partial charge in [0.05, 0.1) is 19.3 Å². The fraction of sp³-hybridized carbons (Fsp3) is 0.435. The van der Waals surface area contributed by atoms with Crippen molar-refractivity contribution in [3.63, 3.8) is 0 Å². The Morgan fingerprint density at radius 3 is 2.56 bits per heavy atom. The number of methoxy groups -OCH3 is 1. The van der Waals surface area contributed by atoms with Crippen LogP contribution in [0.3, 0.4) is 0 Å². The van der Waals surface area contributed by atoms with Gasteiger partial charge >= 0.3 is 5.97 Å². The zero-order chi connectivity index (χ0) is 19.3. The van der Waals surface area contributed by atoms with Gasteiger partial charge < -0.3 is 9.47 Å². The Morgan fingerprint density at radius 2 is 1.74 bits per heavy atom. The van der Waals surface area contributed by atoms with Crippen molar-refractivity contribution in [1.29, 1.82) is 0 Å². The molecule has 3 nitrogen and oxygen atoms in total. The smallest absolute Gasteiger partial charge is 0.338 e. The van der Waals surface area contributed by atoms with E-state index in [0.717, 1.165) is 30.6 Å². The molecule has 0 N–H and O–H groups in total. The molecule has 0 aliphatic heterocycles. The summed E-state index contributed by atoms with van der Waals surface area (Å²) in [6.07, 6.45) is 7.95. The fourth-order valence-electron chi connectivity index (χ4n) is 3.07. The van der Waals surface area contributed by atoms with Gasteiger partial charge in [-0.1, -0.05) is 65.8 Å². The van der Waals surface area contributed by atoms with Crippen molar-refractivity contribution in [2.24, 2.45) is 0 Å². The molecule has 0 saturated heterocycles. The molecule has 0 spiro atoms. The summed E-state index contributed by atoms with van der Waals surface area (Å²) in [5.74, 6) is 0.652. The Labute approximate surface area is 176 Å². The number of esters is 1. The van der Waals surface area contributed by atoms with Crippen LogP contribution >= 0.6 is 22.6 Å². The van der Waals surface area contributed by atoms with Crippen LogP contribution in [0.1, 0.15) is 53.6 Å². The molecule has 0 aromatic heterocycles. The van der Waals surface area contributed by atoms with Crippen molar-refractivity contribution < 1.29 is 14.3 Å². The molecule has 146 valence electrons. The predicted molar refractivity (Wildman–Crippen MR) is 119 cm³/mol. The highest BCUT2D eigenvalue weighted by atomic mass is 127. The SMILES string of the molecule is COC(=O)c1ccccc1CCCOc1cccc(CCCCCCI)c1. The van der Waals surface area contributed by atoms with Gasteiger partial charge in [-0.05, 0) is 65.9 Å². The lowest BCUT2D eigenvalue weighted by molar-refractivity contribution is 0.0599. The quantitative estimate of drug-likeness (QED) is 0.161. The van der Waals surface area contributed by atoms with Gasteiger partial charge in [-0.25, -0.2) is 4.79 Å². The molecule has 0 radical (unpaired) electrons. The number of carbonyl (C=O) groups is 1. The van der Waals surface area contributed by atoms with Crippen molar-refractivity contribution in [2.75, 3.05) is 18.1 Å². The maximum atomic E-state index is 11.8. The number of unbranched alkanes of at least 4 members (excludes halogenated alkanes) is 3. The largest absolute Gasteiger partial charge is 0.494 e. The Kier molecular flexibility index (Phi) is 10.3. The van der Waals surface area contributed by atoms with Crippen LogP contribution < -0.4 is 4.74 Å². The molecule has 0 unspecified atom stereocenters. The van der Waals surface area contributed by atoms with Gasteiger partial charge in [0.25, 0.3) is 0 Å². The van der Waals surface area contributed by atoms with Crippen molar-refractivity contribution >= 4 is 28.6 Å². The Morgan fingerprint density at radius 1 is 0.926 bits per heavy atom. The summed E-state index contributed by atoms with van der Waals surface area (Å²) < 4.78 is 12.0. The lowest BCUT2D eigenvalue weighted by Crippen LogP contribution is -2.07. The second kappa shape index (κ2) is 12.8. The second-order valence-electron chi connectivity index (χ2n) is 6.60. The number of halogens is 1. The third-order valence-corrected chi connectivity index (χ3v) is 5.29. The minimum atomic E-state index is -0.280. The van der Waals surface area contributed by atoms with E-state index in [1.807, 2.05) is 30.3 Å². The van der Waals surface area contributed by atoms with Crippen LogP contribution in [-0.4, -0.2) is 24.1 Å². The first-order valence-corrected chi connectivity index (χ1v) is 11.2. The topological polar surface area (TPSA) is 35.5 Å². The molecule has 2 rings (SSSR count). The number of hydrogen-bond donors (Lipinski definition) is 0. The lowest BCUT2D eigenvalue weighted by Gasteiger charge is -2.10. The highest BCUT2D eigenvalue weighted by molar-refractivity contribution is 14.1. The number of benzene rings is 2.